The van der Waals surface area contributed by atoms with E-state index in [0.717, 1.165) is 0 Å². The number of aliphatic imine (C=N–C) groups is 1. The molecule has 0 saturated carbocycles. The van der Waals surface area contributed by atoms with E-state index in [1.807, 2.05) is 13.8 Å². The van der Waals surface area contributed by atoms with Gasteiger partial charge in [-0.2, -0.15) is 0 Å². The number of alkyl halides is 1. The largest absolute Gasteiger partial charge is 0.388 e. The first-order valence-corrected chi connectivity index (χ1v) is 11.3. The van der Waals surface area contributed by atoms with Gasteiger partial charge in [0.2, 0.25) is 0 Å². The van der Waals surface area contributed by atoms with Crippen LogP contribution in [0.3, 0.4) is 0 Å². The number of anilines is 1. The van der Waals surface area contributed by atoms with Gasteiger partial charge in [0.25, 0.3) is 5.91 Å². The first-order chi connectivity index (χ1) is 15.8. The first-order valence-electron chi connectivity index (χ1n) is 11.3. The van der Waals surface area contributed by atoms with E-state index in [1.165, 1.54) is 43.8 Å². The van der Waals surface area contributed by atoms with Crippen LogP contribution in [-0.2, 0) is 11.2 Å². The molecule has 0 fully saturated rings. The highest BCUT2D eigenvalue weighted by atomic mass is 19.1. The van der Waals surface area contributed by atoms with Crippen LogP contribution in [0.4, 0.5) is 14.5 Å². The lowest BCUT2D eigenvalue weighted by Crippen LogP contribution is -2.14. The summed E-state index contributed by atoms with van der Waals surface area (Å²) in [5, 5.41) is 2.66. The highest BCUT2D eigenvalue weighted by Gasteiger charge is 2.11. The van der Waals surface area contributed by atoms with Crippen molar-refractivity contribution in [2.24, 2.45) is 10.7 Å². The van der Waals surface area contributed by atoms with Crippen molar-refractivity contribution in [3.8, 4) is 0 Å². The molecule has 0 saturated heterocycles. The molecule has 0 aliphatic heterocycles. The monoisotopic (exact) mass is 464 g/mol. The maximum absolute atomic E-state index is 14.0. The van der Waals surface area contributed by atoms with Gasteiger partial charge in [-0.3, -0.25) is 14.8 Å². The third kappa shape index (κ3) is 12.7. The van der Waals surface area contributed by atoms with E-state index in [1.54, 1.807) is 13.0 Å². The second kappa shape index (κ2) is 17.7. The van der Waals surface area contributed by atoms with Gasteiger partial charge >= 0.3 is 0 Å². The zero-order chi connectivity index (χ0) is 25.2. The molecule has 33 heavy (non-hydrogen) atoms. The number of hydrogen-bond acceptors (Lipinski definition) is 4. The van der Waals surface area contributed by atoms with Crippen LogP contribution >= 0.6 is 0 Å². The molecule has 0 aliphatic rings. The maximum atomic E-state index is 14.0. The Morgan fingerprint density at radius 3 is 2.42 bits per heavy atom. The third-order valence-electron chi connectivity index (χ3n) is 3.89. The number of hydrogen-bond donors (Lipinski definition) is 2. The van der Waals surface area contributed by atoms with Crippen LogP contribution in [0.15, 0.2) is 41.5 Å². The minimum Gasteiger partial charge on any atom is -0.388 e. The molecule has 1 heterocycles. The highest BCUT2D eigenvalue weighted by Crippen LogP contribution is 2.18. The van der Waals surface area contributed by atoms with Gasteiger partial charge in [0.05, 0.1) is 25.6 Å². The van der Waals surface area contributed by atoms with E-state index >= 15 is 0 Å². The van der Waals surface area contributed by atoms with Crippen molar-refractivity contribution in [2.45, 2.75) is 60.6 Å². The SMILES string of the molecule is CC.CC(N)=NCCOCCc1cc(NC(=O)c2ccc(C(C)F)cn2)ccc1F.CCC. The number of benzene rings is 1. The van der Waals surface area contributed by atoms with Gasteiger partial charge in [-0.05, 0) is 50.1 Å². The van der Waals surface area contributed by atoms with Crippen molar-refractivity contribution in [1.29, 1.82) is 0 Å². The van der Waals surface area contributed by atoms with E-state index < -0.39 is 12.1 Å². The molecule has 0 spiro atoms. The van der Waals surface area contributed by atoms with Crippen molar-refractivity contribution in [3.05, 3.63) is 59.2 Å². The Hall–Kier alpha value is -2.87. The molecule has 1 aromatic heterocycles. The molecule has 8 heteroatoms. The fourth-order valence-corrected chi connectivity index (χ4v) is 2.38. The zero-order valence-electron chi connectivity index (χ0n) is 20.6. The van der Waals surface area contributed by atoms with Crippen LogP contribution in [0.25, 0.3) is 0 Å². The Balaban J connectivity index is 0.00000189. The summed E-state index contributed by atoms with van der Waals surface area (Å²) >= 11 is 0. The standard InChI is InChI=1S/C20H24F2N4O2.C3H8.C2H6/c1-13(21)16-3-6-19(25-12-16)20(27)26-17-4-5-18(22)15(11-17)7-9-28-10-8-24-14(2)23;1-3-2;1-2/h3-6,11-13H,7-10H2,1-2H3,(H2,23,24)(H,26,27);3H2,1-2H3;1-2H3. The minimum atomic E-state index is -1.15. The van der Waals surface area contributed by atoms with Gasteiger partial charge < -0.3 is 15.8 Å². The summed E-state index contributed by atoms with van der Waals surface area (Å²) in [6.07, 6.45) is 1.77. The van der Waals surface area contributed by atoms with Crippen LogP contribution in [0.1, 0.15) is 75.8 Å². The van der Waals surface area contributed by atoms with Crippen molar-refractivity contribution >= 4 is 17.4 Å². The van der Waals surface area contributed by atoms with Gasteiger partial charge in [0.1, 0.15) is 17.7 Å². The zero-order valence-corrected chi connectivity index (χ0v) is 20.6. The van der Waals surface area contributed by atoms with E-state index in [9.17, 15) is 13.6 Å². The number of nitrogens with zero attached hydrogens (tertiary/aromatic N) is 2. The maximum Gasteiger partial charge on any atom is 0.274 e. The lowest BCUT2D eigenvalue weighted by molar-refractivity contribution is 0.102. The highest BCUT2D eigenvalue weighted by molar-refractivity contribution is 6.02. The molecular weight excluding hydrogens is 426 g/mol. The number of amidine groups is 1. The van der Waals surface area contributed by atoms with Gasteiger partial charge in [-0.15, -0.1) is 0 Å². The normalized spacial score (nSPS) is 11.5. The molecule has 0 radical (unpaired) electrons. The number of amides is 1. The number of halogens is 2. The summed E-state index contributed by atoms with van der Waals surface area (Å²) in [5.74, 6) is -0.347. The van der Waals surface area contributed by atoms with E-state index in [0.29, 0.717) is 48.8 Å². The van der Waals surface area contributed by atoms with Gasteiger partial charge in [0.15, 0.2) is 0 Å². The number of pyridine rings is 1. The molecule has 1 atom stereocenters. The Kier molecular flexibility index (Phi) is 16.1. The summed E-state index contributed by atoms with van der Waals surface area (Å²) in [6, 6.07) is 7.26. The summed E-state index contributed by atoms with van der Waals surface area (Å²) in [6.45, 7) is 12.5. The molecule has 0 bridgehead atoms. The minimum absolute atomic E-state index is 0.148. The molecule has 1 aromatic carbocycles. The van der Waals surface area contributed by atoms with E-state index in [-0.39, 0.29) is 11.5 Å². The quantitative estimate of drug-likeness (QED) is 0.275. The van der Waals surface area contributed by atoms with Crippen molar-refractivity contribution in [1.82, 2.24) is 4.98 Å². The second-order valence-electron chi connectivity index (χ2n) is 6.95. The fraction of sp³-hybridized carbons (Fsp3) is 0.480. The van der Waals surface area contributed by atoms with E-state index in [2.05, 4.69) is 29.1 Å². The van der Waals surface area contributed by atoms with Gasteiger partial charge in [-0.1, -0.05) is 40.2 Å². The number of ether oxygens (including phenoxy) is 1. The summed E-state index contributed by atoms with van der Waals surface area (Å²) in [5.41, 5.74) is 6.83. The second-order valence-corrected chi connectivity index (χ2v) is 6.95. The molecular formula is C25H38F2N4O2. The number of nitrogens with one attached hydrogen (secondary N) is 1. The Labute approximate surface area is 196 Å². The Bertz CT molecular complexity index is 837. The lowest BCUT2D eigenvalue weighted by Gasteiger charge is -2.09. The number of aromatic nitrogens is 1. The topological polar surface area (TPSA) is 89.6 Å². The van der Waals surface area contributed by atoms with Gasteiger partial charge in [-0.25, -0.2) is 8.78 Å². The predicted molar refractivity (Wildman–Crippen MR) is 132 cm³/mol. The average Bonchev–Trinajstić information content (AvgIpc) is 2.79. The molecule has 0 aliphatic carbocycles. The number of carbonyl (C=O) groups excluding carboxylic acids is 1. The van der Waals surface area contributed by atoms with Crippen molar-refractivity contribution in [2.75, 3.05) is 25.1 Å². The molecule has 6 nitrogen and oxygen atoms in total. The van der Waals surface area contributed by atoms with Gasteiger partial charge in [0, 0.05) is 17.4 Å². The van der Waals surface area contributed by atoms with Crippen LogP contribution in [0, 0.1) is 5.82 Å². The smallest absolute Gasteiger partial charge is 0.274 e. The first kappa shape index (κ1) is 30.1. The fourth-order valence-electron chi connectivity index (χ4n) is 2.38. The van der Waals surface area contributed by atoms with Crippen LogP contribution < -0.4 is 11.1 Å². The molecule has 1 amide bonds. The number of nitrogens with two attached hydrogens (primary N) is 1. The molecule has 2 aromatic rings. The number of rotatable bonds is 9. The van der Waals surface area contributed by atoms with Crippen LogP contribution in [0.5, 0.6) is 0 Å². The third-order valence-corrected chi connectivity index (χ3v) is 3.89. The van der Waals surface area contributed by atoms with Crippen LogP contribution in [0.2, 0.25) is 0 Å². The molecule has 3 N–H and O–H groups in total. The Morgan fingerprint density at radius 2 is 1.88 bits per heavy atom. The average molecular weight is 465 g/mol. The molecule has 1 unspecified atom stereocenters. The molecule has 184 valence electrons. The summed E-state index contributed by atoms with van der Waals surface area (Å²) in [4.78, 5) is 20.2. The predicted octanol–water partition coefficient (Wildman–Crippen LogP) is 5.88. The lowest BCUT2D eigenvalue weighted by atomic mass is 10.1. The van der Waals surface area contributed by atoms with Crippen LogP contribution in [-0.4, -0.2) is 36.5 Å². The van der Waals surface area contributed by atoms with Crippen molar-refractivity contribution < 1.29 is 18.3 Å². The molecule has 2 rings (SSSR count). The van der Waals surface area contributed by atoms with E-state index in [4.69, 9.17) is 10.5 Å². The van der Waals surface area contributed by atoms with Crippen molar-refractivity contribution in [3.63, 3.8) is 0 Å². The summed E-state index contributed by atoms with van der Waals surface area (Å²) in [7, 11) is 0. The Morgan fingerprint density at radius 1 is 1.21 bits per heavy atom. The number of carbonyl (C=O) groups is 1. The summed E-state index contributed by atoms with van der Waals surface area (Å²) < 4.78 is 32.6.